The van der Waals surface area contributed by atoms with Crippen molar-refractivity contribution in [3.8, 4) is 5.69 Å². The lowest BCUT2D eigenvalue weighted by Crippen LogP contribution is -2.27. The maximum absolute atomic E-state index is 12.2. The quantitative estimate of drug-likeness (QED) is 0.796. The van der Waals surface area contributed by atoms with E-state index in [0.717, 1.165) is 41.3 Å². The van der Waals surface area contributed by atoms with Crippen molar-refractivity contribution in [2.45, 2.75) is 26.7 Å². The highest BCUT2D eigenvalue weighted by Crippen LogP contribution is 2.13. The molecule has 0 saturated carbocycles. The Labute approximate surface area is 128 Å². The molecular weight excluding hydrogens is 282 g/mol. The summed E-state index contributed by atoms with van der Waals surface area (Å²) in [5.41, 5.74) is 2.24. The molecule has 2 heterocycles. The lowest BCUT2D eigenvalue weighted by atomic mass is 10.2. The summed E-state index contributed by atoms with van der Waals surface area (Å²) in [7, 11) is 0. The second kappa shape index (κ2) is 5.85. The number of amides is 2. The summed E-state index contributed by atoms with van der Waals surface area (Å²) >= 11 is 1.55. The summed E-state index contributed by atoms with van der Waals surface area (Å²) in [5, 5.41) is 0. The van der Waals surface area contributed by atoms with Gasteiger partial charge in [-0.25, -0.2) is 4.79 Å². The molecule has 0 radical (unpaired) electrons. The van der Waals surface area contributed by atoms with E-state index in [1.54, 1.807) is 11.3 Å². The molecule has 21 heavy (non-hydrogen) atoms. The third-order valence-electron chi connectivity index (χ3n) is 3.62. The fraction of sp³-hybridized carbons (Fsp3) is 0.375. The monoisotopic (exact) mass is 301 g/mol. The summed E-state index contributed by atoms with van der Waals surface area (Å²) in [6.07, 6.45) is 4.21. The summed E-state index contributed by atoms with van der Waals surface area (Å²) in [6, 6.07) is 8.12. The van der Waals surface area contributed by atoms with E-state index in [-0.39, 0.29) is 6.03 Å². The van der Waals surface area contributed by atoms with E-state index in [0.29, 0.717) is 0 Å². The third kappa shape index (κ3) is 3.08. The second-order valence-electron chi connectivity index (χ2n) is 5.42. The van der Waals surface area contributed by atoms with Gasteiger partial charge in [-0.15, -0.1) is 11.3 Å². The molecule has 3 rings (SSSR count). The maximum Gasteiger partial charge on any atom is 0.346 e. The molecule has 1 aliphatic rings. The topological polar surface area (TPSA) is 37.6 Å². The molecule has 4 nitrogen and oxygen atoms in total. The van der Waals surface area contributed by atoms with Crippen molar-refractivity contribution in [3.05, 3.63) is 45.7 Å². The van der Waals surface area contributed by atoms with E-state index in [1.807, 2.05) is 34.7 Å². The Morgan fingerprint density at radius 3 is 2.71 bits per heavy atom. The van der Waals surface area contributed by atoms with E-state index in [2.05, 4.69) is 24.0 Å². The first-order valence-electron chi connectivity index (χ1n) is 7.23. The zero-order valence-electron chi connectivity index (χ0n) is 12.4. The zero-order chi connectivity index (χ0) is 14.8. The molecule has 5 heteroatoms. The molecule has 2 aromatic rings. The number of carbonyl (C=O) groups is 1. The SMILES string of the molecule is Cc1cccc(-n2cc(C)sc2=NC(=O)N2CCCC2)c1. The molecule has 110 valence electrons. The zero-order valence-corrected chi connectivity index (χ0v) is 13.2. The number of nitrogens with zero attached hydrogens (tertiary/aromatic N) is 3. The Kier molecular flexibility index (Phi) is 3.92. The summed E-state index contributed by atoms with van der Waals surface area (Å²) < 4.78 is 2.00. The number of rotatable bonds is 1. The second-order valence-corrected chi connectivity index (χ2v) is 6.64. The summed E-state index contributed by atoms with van der Waals surface area (Å²) in [6.45, 7) is 5.76. The van der Waals surface area contributed by atoms with Gasteiger partial charge in [-0.05, 0) is 44.4 Å². The number of thiazole rings is 1. The summed E-state index contributed by atoms with van der Waals surface area (Å²) in [4.78, 5) is 20.3. The van der Waals surface area contributed by atoms with Crippen LogP contribution in [0.1, 0.15) is 23.3 Å². The van der Waals surface area contributed by atoms with Crippen LogP contribution in [0.4, 0.5) is 4.79 Å². The third-order valence-corrected chi connectivity index (χ3v) is 4.51. The minimum Gasteiger partial charge on any atom is -0.323 e. The molecule has 0 N–H and O–H groups in total. The lowest BCUT2D eigenvalue weighted by Gasteiger charge is -2.10. The van der Waals surface area contributed by atoms with E-state index < -0.39 is 0 Å². The van der Waals surface area contributed by atoms with Gasteiger partial charge in [0.1, 0.15) is 0 Å². The predicted molar refractivity (Wildman–Crippen MR) is 84.9 cm³/mol. The van der Waals surface area contributed by atoms with Gasteiger partial charge in [0.25, 0.3) is 0 Å². The van der Waals surface area contributed by atoms with Gasteiger partial charge in [0, 0.05) is 29.9 Å². The number of hydrogen-bond acceptors (Lipinski definition) is 2. The lowest BCUT2D eigenvalue weighted by molar-refractivity contribution is 0.218. The van der Waals surface area contributed by atoms with Gasteiger partial charge in [-0.3, -0.25) is 4.57 Å². The molecule has 0 atom stereocenters. The first-order chi connectivity index (χ1) is 10.1. The van der Waals surface area contributed by atoms with E-state index in [9.17, 15) is 4.79 Å². The Hall–Kier alpha value is -1.88. The van der Waals surface area contributed by atoms with Gasteiger partial charge in [0.2, 0.25) is 0 Å². The van der Waals surface area contributed by atoms with Crippen LogP contribution < -0.4 is 4.80 Å². The Balaban J connectivity index is 2.01. The highest BCUT2D eigenvalue weighted by Gasteiger charge is 2.17. The van der Waals surface area contributed by atoms with Crippen molar-refractivity contribution in [1.82, 2.24) is 9.47 Å². The first kappa shape index (κ1) is 14.1. The Morgan fingerprint density at radius 2 is 2.00 bits per heavy atom. The predicted octanol–water partition coefficient (Wildman–Crippen LogP) is 3.27. The van der Waals surface area contributed by atoms with Gasteiger partial charge in [0.05, 0.1) is 0 Å². The number of carbonyl (C=O) groups excluding carboxylic acids is 1. The van der Waals surface area contributed by atoms with E-state index >= 15 is 0 Å². The molecule has 1 saturated heterocycles. The Bertz CT molecular complexity index is 723. The number of hydrogen-bond donors (Lipinski definition) is 0. The highest BCUT2D eigenvalue weighted by atomic mass is 32.1. The van der Waals surface area contributed by atoms with Gasteiger partial charge in [0.15, 0.2) is 4.80 Å². The fourth-order valence-corrected chi connectivity index (χ4v) is 3.38. The molecule has 1 fully saturated rings. The number of urea groups is 1. The molecule has 1 aromatic heterocycles. The van der Waals surface area contributed by atoms with Crippen LogP contribution in [0.5, 0.6) is 0 Å². The smallest absolute Gasteiger partial charge is 0.323 e. The van der Waals surface area contributed by atoms with Gasteiger partial charge in [-0.2, -0.15) is 4.99 Å². The molecule has 1 aromatic carbocycles. The van der Waals surface area contributed by atoms with Crippen LogP contribution in [0.3, 0.4) is 0 Å². The van der Waals surface area contributed by atoms with Crippen LogP contribution in [0, 0.1) is 13.8 Å². The normalized spacial score (nSPS) is 15.7. The van der Waals surface area contributed by atoms with Crippen molar-refractivity contribution >= 4 is 17.4 Å². The van der Waals surface area contributed by atoms with Crippen molar-refractivity contribution in [1.29, 1.82) is 0 Å². The van der Waals surface area contributed by atoms with Crippen LogP contribution in [0.15, 0.2) is 35.5 Å². The number of benzene rings is 1. The standard InChI is InChI=1S/C16H19N3OS/c1-12-6-5-7-14(10-12)19-11-13(2)21-16(19)17-15(20)18-8-3-4-9-18/h5-7,10-11H,3-4,8-9H2,1-2H3. The minimum atomic E-state index is -0.115. The molecule has 0 unspecified atom stereocenters. The number of aromatic nitrogens is 1. The van der Waals surface area contributed by atoms with Crippen molar-refractivity contribution in [2.24, 2.45) is 4.99 Å². The molecular formula is C16H19N3OS. The van der Waals surface area contributed by atoms with E-state index in [1.165, 1.54) is 5.56 Å². The first-order valence-corrected chi connectivity index (χ1v) is 8.05. The molecule has 2 amide bonds. The average Bonchev–Trinajstić information content (AvgIpc) is 3.08. The van der Waals surface area contributed by atoms with Crippen LogP contribution in [-0.4, -0.2) is 28.6 Å². The van der Waals surface area contributed by atoms with Gasteiger partial charge < -0.3 is 4.90 Å². The number of likely N-dealkylation sites (tertiary alicyclic amines) is 1. The molecule has 0 bridgehead atoms. The average molecular weight is 301 g/mol. The van der Waals surface area contributed by atoms with Crippen LogP contribution in [0.2, 0.25) is 0 Å². The maximum atomic E-state index is 12.2. The number of aryl methyl sites for hydroxylation is 2. The molecule has 0 aliphatic carbocycles. The minimum absolute atomic E-state index is 0.115. The van der Waals surface area contributed by atoms with Crippen LogP contribution in [0.25, 0.3) is 5.69 Å². The van der Waals surface area contributed by atoms with Crippen molar-refractivity contribution in [2.75, 3.05) is 13.1 Å². The highest BCUT2D eigenvalue weighted by molar-refractivity contribution is 7.09. The molecule has 1 aliphatic heterocycles. The largest absolute Gasteiger partial charge is 0.346 e. The van der Waals surface area contributed by atoms with Gasteiger partial charge >= 0.3 is 6.03 Å². The van der Waals surface area contributed by atoms with Gasteiger partial charge in [-0.1, -0.05) is 12.1 Å². The van der Waals surface area contributed by atoms with Crippen LogP contribution in [-0.2, 0) is 0 Å². The summed E-state index contributed by atoms with van der Waals surface area (Å²) in [5.74, 6) is 0. The van der Waals surface area contributed by atoms with Crippen molar-refractivity contribution < 1.29 is 4.79 Å². The fourth-order valence-electron chi connectivity index (χ4n) is 2.56. The van der Waals surface area contributed by atoms with Crippen LogP contribution >= 0.6 is 11.3 Å². The Morgan fingerprint density at radius 1 is 1.24 bits per heavy atom. The van der Waals surface area contributed by atoms with Crippen molar-refractivity contribution in [3.63, 3.8) is 0 Å². The van der Waals surface area contributed by atoms with E-state index in [4.69, 9.17) is 0 Å². The molecule has 0 spiro atoms.